The van der Waals surface area contributed by atoms with Gasteiger partial charge in [0.15, 0.2) is 0 Å². The van der Waals surface area contributed by atoms with E-state index in [4.69, 9.17) is 9.47 Å². The highest BCUT2D eigenvalue weighted by Gasteiger charge is 2.60. The zero-order chi connectivity index (χ0) is 27.1. The van der Waals surface area contributed by atoms with E-state index in [2.05, 4.69) is 11.9 Å². The molecule has 2 N–H and O–H groups in total. The summed E-state index contributed by atoms with van der Waals surface area (Å²) < 4.78 is 10.4. The van der Waals surface area contributed by atoms with Crippen LogP contribution in [-0.4, -0.2) is 75.5 Å². The molecule has 2 aliphatic heterocycles. The van der Waals surface area contributed by atoms with Crippen molar-refractivity contribution in [3.8, 4) is 0 Å². The Hall–Kier alpha value is -2.41. The van der Waals surface area contributed by atoms with Crippen molar-refractivity contribution in [2.45, 2.75) is 65.2 Å². The molecular weight excluding hydrogens is 518 g/mol. The molecule has 1 saturated heterocycles. The van der Waals surface area contributed by atoms with Gasteiger partial charge in [0.2, 0.25) is 12.7 Å². The van der Waals surface area contributed by atoms with Crippen molar-refractivity contribution in [2.75, 3.05) is 20.4 Å². The Morgan fingerprint density at radius 3 is 2.76 bits per heavy atom. The zero-order valence-electron chi connectivity index (χ0n) is 21.6. The Morgan fingerprint density at radius 2 is 2.08 bits per heavy atom. The number of aliphatic hydroxyl groups is 2. The lowest BCUT2D eigenvalue weighted by Crippen LogP contribution is -2.63. The van der Waals surface area contributed by atoms with Crippen LogP contribution in [0.1, 0.15) is 57.0 Å². The van der Waals surface area contributed by atoms with Gasteiger partial charge in [0, 0.05) is 24.4 Å². The average Bonchev–Trinajstić information content (AvgIpc) is 3.41. The maximum atomic E-state index is 13.1. The van der Waals surface area contributed by atoms with Gasteiger partial charge >= 0.3 is 12.1 Å². The minimum absolute atomic E-state index is 0.102. The first-order valence-corrected chi connectivity index (χ1v) is 14.2. The minimum Gasteiger partial charge on any atom is -0.423 e. The third-order valence-corrected chi connectivity index (χ3v) is 8.50. The molecule has 0 saturated carbocycles. The van der Waals surface area contributed by atoms with E-state index >= 15 is 0 Å². The standard InChI is InChI=1S/C25H35N3O7S2/c1-5-6-7-8-10-27(4)25(33)35-14-34-24(32)21-22(36-11-9-18-17(12-29)26-13-37-18)15(2)20-19(16(3)30)23(31)28(20)21/h9,11,13,15-16,19-20,29-30H,5-8,10,12,14H2,1-4H3/t15-,16-,19-,20-/m1/s1. The van der Waals surface area contributed by atoms with Crippen molar-refractivity contribution < 1.29 is 34.1 Å². The van der Waals surface area contributed by atoms with E-state index in [1.807, 2.05) is 6.92 Å². The van der Waals surface area contributed by atoms with Gasteiger partial charge in [0.05, 0.1) is 40.8 Å². The zero-order valence-corrected chi connectivity index (χ0v) is 23.2. The van der Waals surface area contributed by atoms with Gasteiger partial charge in [-0.2, -0.15) is 0 Å². The lowest BCUT2D eigenvalue weighted by Gasteiger charge is -2.46. The third kappa shape index (κ3) is 6.54. The van der Waals surface area contributed by atoms with Gasteiger partial charge in [0.25, 0.3) is 0 Å². The molecule has 37 heavy (non-hydrogen) atoms. The van der Waals surface area contributed by atoms with Crippen molar-refractivity contribution in [1.29, 1.82) is 0 Å². The molecule has 0 aliphatic carbocycles. The lowest BCUT2D eigenvalue weighted by molar-refractivity contribution is -0.166. The number of esters is 1. The van der Waals surface area contributed by atoms with Crippen LogP contribution in [0.2, 0.25) is 0 Å². The van der Waals surface area contributed by atoms with Crippen LogP contribution < -0.4 is 0 Å². The number of carbonyl (C=O) groups is 3. The van der Waals surface area contributed by atoms with Crippen molar-refractivity contribution in [3.63, 3.8) is 0 Å². The second kappa shape index (κ2) is 13.4. The molecule has 3 rings (SSSR count). The molecule has 2 aliphatic rings. The summed E-state index contributed by atoms with van der Waals surface area (Å²) in [5.74, 6) is -1.94. The van der Waals surface area contributed by atoms with E-state index in [0.29, 0.717) is 17.1 Å². The number of aromatic nitrogens is 1. The summed E-state index contributed by atoms with van der Waals surface area (Å²) >= 11 is 2.65. The minimum atomic E-state index is -0.855. The average molecular weight is 554 g/mol. The van der Waals surface area contributed by atoms with Crippen molar-refractivity contribution in [3.05, 3.63) is 32.1 Å². The highest BCUT2D eigenvalue weighted by Crippen LogP contribution is 2.51. The van der Waals surface area contributed by atoms with Crippen molar-refractivity contribution in [1.82, 2.24) is 14.8 Å². The number of fused-ring (bicyclic) bond motifs is 1. The van der Waals surface area contributed by atoms with Crippen molar-refractivity contribution >= 4 is 47.1 Å². The predicted octanol–water partition coefficient (Wildman–Crippen LogP) is 3.56. The largest absolute Gasteiger partial charge is 0.423 e. The molecule has 0 aromatic carbocycles. The maximum absolute atomic E-state index is 13.1. The molecule has 0 radical (unpaired) electrons. The van der Waals surface area contributed by atoms with Crippen molar-refractivity contribution in [2.24, 2.45) is 11.8 Å². The van der Waals surface area contributed by atoms with Gasteiger partial charge in [-0.05, 0) is 24.8 Å². The Balaban J connectivity index is 1.68. The topological polar surface area (TPSA) is 130 Å². The smallest absolute Gasteiger partial charge is 0.412 e. The number of ether oxygens (including phenoxy) is 2. The highest BCUT2D eigenvalue weighted by molar-refractivity contribution is 8.06. The summed E-state index contributed by atoms with van der Waals surface area (Å²) in [5, 5.41) is 21.3. The van der Waals surface area contributed by atoms with E-state index in [0.717, 1.165) is 30.6 Å². The lowest BCUT2D eigenvalue weighted by atomic mass is 9.79. The number of carbonyl (C=O) groups excluding carboxylic acids is 3. The number of β-lactam (4-membered cyclic amide) rings is 1. The fourth-order valence-electron chi connectivity index (χ4n) is 4.55. The number of hydrogen-bond acceptors (Lipinski definition) is 10. The van der Waals surface area contributed by atoms with E-state index in [9.17, 15) is 24.6 Å². The molecule has 2 amide bonds. The van der Waals surface area contributed by atoms with E-state index < -0.39 is 30.9 Å². The Kier molecular flexibility index (Phi) is 10.6. The molecule has 3 heterocycles. The number of thiazole rings is 1. The van der Waals surface area contributed by atoms with E-state index in [1.165, 1.54) is 32.9 Å². The molecule has 1 aromatic heterocycles. The number of amides is 2. The molecule has 12 heteroatoms. The predicted molar refractivity (Wildman–Crippen MR) is 141 cm³/mol. The first-order chi connectivity index (χ1) is 17.7. The van der Waals surface area contributed by atoms with Crippen LogP contribution >= 0.6 is 23.1 Å². The molecular formula is C25H35N3O7S2. The van der Waals surface area contributed by atoms with Gasteiger partial charge in [-0.3, -0.25) is 4.79 Å². The number of hydrogen-bond donors (Lipinski definition) is 2. The normalized spacial score (nSPS) is 21.7. The summed E-state index contributed by atoms with van der Waals surface area (Å²) in [6, 6.07) is -0.362. The fourth-order valence-corrected chi connectivity index (χ4v) is 6.33. The van der Waals surface area contributed by atoms with Crippen LogP contribution in [0, 0.1) is 11.8 Å². The Morgan fingerprint density at radius 1 is 1.32 bits per heavy atom. The summed E-state index contributed by atoms with van der Waals surface area (Å²) in [6.45, 7) is 5.36. The van der Waals surface area contributed by atoms with Gasteiger partial charge < -0.3 is 29.5 Å². The van der Waals surface area contributed by atoms with Gasteiger partial charge in [-0.25, -0.2) is 14.6 Å². The summed E-state index contributed by atoms with van der Waals surface area (Å²) in [4.78, 5) is 46.4. The van der Waals surface area contributed by atoms with Gasteiger partial charge in [-0.1, -0.05) is 44.9 Å². The summed E-state index contributed by atoms with van der Waals surface area (Å²) in [7, 11) is 1.63. The highest BCUT2D eigenvalue weighted by atomic mass is 32.2. The maximum Gasteiger partial charge on any atom is 0.412 e. The van der Waals surface area contributed by atoms with Crippen LogP contribution in [0.15, 0.2) is 21.5 Å². The first-order valence-electron chi connectivity index (χ1n) is 12.4. The number of aliphatic hydroxyl groups excluding tert-OH is 2. The molecule has 1 aromatic rings. The van der Waals surface area contributed by atoms with Gasteiger partial charge in [0.1, 0.15) is 5.70 Å². The number of unbranched alkanes of at least 4 members (excludes halogenated alkanes) is 3. The summed E-state index contributed by atoms with van der Waals surface area (Å²) in [6.07, 6.45) is 4.43. The number of nitrogens with zero attached hydrogens (tertiary/aromatic N) is 3. The SMILES string of the molecule is CCCCCCN(C)C(=O)OCOC(=O)C1=C(SC=Cc2scnc2CO)[C@H](C)[C@@H]2[C@@H]([C@@H](C)O)C(=O)N12. The fraction of sp³-hybridized carbons (Fsp3) is 0.600. The molecule has 0 bridgehead atoms. The van der Waals surface area contributed by atoms with E-state index in [-0.39, 0.29) is 30.2 Å². The van der Waals surface area contributed by atoms with Crippen LogP contribution in [0.4, 0.5) is 4.79 Å². The molecule has 10 nitrogen and oxygen atoms in total. The molecule has 0 spiro atoms. The van der Waals surface area contributed by atoms with Crippen LogP contribution in [0.5, 0.6) is 0 Å². The summed E-state index contributed by atoms with van der Waals surface area (Å²) in [5.41, 5.74) is 2.29. The molecule has 1 fully saturated rings. The molecule has 204 valence electrons. The Labute approximate surface area is 225 Å². The first kappa shape index (κ1) is 29.2. The third-order valence-electron chi connectivity index (χ3n) is 6.57. The second-order valence-corrected chi connectivity index (χ2v) is 11.0. The second-order valence-electron chi connectivity index (χ2n) is 9.15. The van der Waals surface area contributed by atoms with Crippen LogP contribution in [0.3, 0.4) is 0 Å². The molecule has 4 atom stereocenters. The van der Waals surface area contributed by atoms with Crippen LogP contribution in [-0.2, 0) is 25.7 Å². The number of thioether (sulfide) groups is 1. The monoisotopic (exact) mass is 553 g/mol. The Bertz CT molecular complexity index is 1040. The quantitative estimate of drug-likeness (QED) is 0.163. The van der Waals surface area contributed by atoms with E-state index in [1.54, 1.807) is 31.0 Å². The number of rotatable bonds is 13. The molecule has 0 unspecified atom stereocenters. The van der Waals surface area contributed by atoms with Gasteiger partial charge in [-0.15, -0.1) is 11.3 Å². The van der Waals surface area contributed by atoms with Crippen LogP contribution in [0.25, 0.3) is 6.08 Å².